The first-order chi connectivity index (χ1) is 10.3. The Kier molecular flexibility index (Phi) is 12.2. The van der Waals surface area contributed by atoms with Gasteiger partial charge in [0.2, 0.25) is 0 Å². The highest BCUT2D eigenvalue weighted by Crippen LogP contribution is 2.46. The predicted octanol–water partition coefficient (Wildman–Crippen LogP) is 3.59. The summed E-state index contributed by atoms with van der Waals surface area (Å²) in [6, 6.07) is 2.16. The fourth-order valence-electron chi connectivity index (χ4n) is 1.88. The van der Waals surface area contributed by atoms with Crippen molar-refractivity contribution < 1.29 is 13.8 Å². The van der Waals surface area contributed by atoms with E-state index in [2.05, 4.69) is 45.4 Å². The molecule has 126 valence electrons. The molecule has 0 saturated carbocycles. The van der Waals surface area contributed by atoms with Gasteiger partial charge < -0.3 is 13.8 Å². The summed E-state index contributed by atoms with van der Waals surface area (Å²) < 4.78 is 19.5. The zero-order chi connectivity index (χ0) is 17.1. The van der Waals surface area contributed by atoms with Crippen molar-refractivity contribution in [1.82, 2.24) is 4.67 Å². The number of rotatable bonds is 12. The monoisotopic (exact) mass is 328 g/mol. The molecule has 3 unspecified atom stereocenters. The zero-order valence-electron chi connectivity index (χ0n) is 14.8. The number of nitriles is 1. The summed E-state index contributed by atoms with van der Waals surface area (Å²) in [6.07, 6.45) is 1.36. The maximum Gasteiger partial charge on any atom is 0.259 e. The largest absolute Gasteiger partial charge is 0.383 e. The smallest absolute Gasteiger partial charge is 0.259 e. The average Bonchev–Trinajstić information content (AvgIpc) is 2.43. The molecular formula is C15H30BN2O3P. The topological polar surface area (TPSA) is 54.7 Å². The first-order valence-electron chi connectivity index (χ1n) is 7.95. The summed E-state index contributed by atoms with van der Waals surface area (Å²) in [4.78, 5) is 0. The van der Waals surface area contributed by atoms with Crippen molar-refractivity contribution in [2.24, 2.45) is 0 Å². The third-order valence-electron chi connectivity index (χ3n) is 2.99. The molecule has 0 fully saturated rings. The summed E-state index contributed by atoms with van der Waals surface area (Å²) in [6.45, 7) is 13.1. The van der Waals surface area contributed by atoms with Crippen LogP contribution in [0.3, 0.4) is 0 Å². The van der Waals surface area contributed by atoms with E-state index in [-0.39, 0.29) is 24.8 Å². The Morgan fingerprint density at radius 1 is 1.14 bits per heavy atom. The van der Waals surface area contributed by atoms with Gasteiger partial charge in [-0.05, 0) is 41.0 Å². The first kappa shape index (κ1) is 21.8. The Labute approximate surface area is 138 Å². The molecule has 0 aromatic carbocycles. The molecule has 0 rings (SSSR count). The van der Waals surface area contributed by atoms with E-state index >= 15 is 0 Å². The van der Waals surface area contributed by atoms with E-state index in [1.807, 2.05) is 6.92 Å². The molecule has 0 spiro atoms. The highest BCUT2D eigenvalue weighted by Gasteiger charge is 2.27. The van der Waals surface area contributed by atoms with Gasteiger partial charge in [-0.25, -0.2) is 4.67 Å². The van der Waals surface area contributed by atoms with Crippen LogP contribution in [0.25, 0.3) is 0 Å². The summed E-state index contributed by atoms with van der Waals surface area (Å²) >= 11 is 0. The van der Waals surface area contributed by atoms with Crippen molar-refractivity contribution >= 4 is 16.4 Å². The lowest BCUT2D eigenvalue weighted by Crippen LogP contribution is -2.34. The molecule has 3 atom stereocenters. The minimum atomic E-state index is -1.25. The summed E-state index contributed by atoms with van der Waals surface area (Å²) in [5, 5.41) is 8.66. The van der Waals surface area contributed by atoms with Crippen molar-refractivity contribution in [1.29, 1.82) is 5.26 Å². The van der Waals surface area contributed by atoms with E-state index < -0.39 is 14.5 Å². The Balaban J connectivity index is 4.61. The van der Waals surface area contributed by atoms with Gasteiger partial charge in [-0.3, -0.25) is 0 Å². The van der Waals surface area contributed by atoms with Gasteiger partial charge in [0.05, 0.1) is 31.8 Å². The molecule has 0 saturated heterocycles. The average molecular weight is 328 g/mol. The quantitative estimate of drug-likeness (QED) is 0.311. The van der Waals surface area contributed by atoms with Crippen molar-refractivity contribution in [3.8, 4) is 6.07 Å². The molecule has 0 heterocycles. The lowest BCUT2D eigenvalue weighted by Gasteiger charge is -2.36. The molecule has 0 amide bonds. The van der Waals surface area contributed by atoms with Crippen molar-refractivity contribution in [2.45, 2.75) is 78.6 Å². The van der Waals surface area contributed by atoms with E-state index in [0.717, 1.165) is 6.42 Å². The molecule has 0 aromatic rings. The highest BCUT2D eigenvalue weighted by molar-refractivity contribution is 7.44. The van der Waals surface area contributed by atoms with Crippen molar-refractivity contribution in [3.63, 3.8) is 0 Å². The molecule has 0 aliphatic carbocycles. The fourth-order valence-corrected chi connectivity index (χ4v) is 3.50. The second-order valence-electron chi connectivity index (χ2n) is 5.74. The van der Waals surface area contributed by atoms with E-state index in [0.29, 0.717) is 13.0 Å². The maximum atomic E-state index is 8.66. The predicted molar refractivity (Wildman–Crippen MR) is 91.5 cm³/mol. The molecule has 7 heteroatoms. The summed E-state index contributed by atoms with van der Waals surface area (Å²) in [7, 11) is 4.69. The third kappa shape index (κ3) is 9.07. The lowest BCUT2D eigenvalue weighted by atomic mass is 10.0. The second-order valence-corrected chi connectivity index (χ2v) is 7.19. The molecule has 5 nitrogen and oxygen atoms in total. The van der Waals surface area contributed by atoms with Gasteiger partial charge in [-0.1, -0.05) is 6.92 Å². The van der Waals surface area contributed by atoms with Crippen molar-refractivity contribution in [3.05, 3.63) is 0 Å². The number of ether oxygens (including phenoxy) is 1. The van der Waals surface area contributed by atoms with Crippen LogP contribution in [-0.2, 0) is 13.8 Å². The van der Waals surface area contributed by atoms with Crippen molar-refractivity contribution in [2.75, 3.05) is 13.2 Å². The van der Waals surface area contributed by atoms with Crippen LogP contribution in [0.2, 0.25) is 0 Å². The molecular weight excluding hydrogens is 298 g/mol. The number of hydrogen-bond acceptors (Lipinski definition) is 5. The van der Waals surface area contributed by atoms with Crippen LogP contribution < -0.4 is 0 Å². The zero-order valence-corrected chi connectivity index (χ0v) is 15.7. The molecule has 0 aromatic heterocycles. The van der Waals surface area contributed by atoms with Crippen LogP contribution in [0.15, 0.2) is 0 Å². The molecule has 0 N–H and O–H groups in total. The van der Waals surface area contributed by atoms with Gasteiger partial charge in [-0.2, -0.15) is 5.26 Å². The van der Waals surface area contributed by atoms with Gasteiger partial charge >= 0.3 is 0 Å². The molecule has 0 aliphatic rings. The molecule has 0 bridgehead atoms. The van der Waals surface area contributed by atoms with Gasteiger partial charge in [0.25, 0.3) is 8.53 Å². The van der Waals surface area contributed by atoms with Crippen LogP contribution >= 0.6 is 8.53 Å². The van der Waals surface area contributed by atoms with Crippen LogP contribution in [-0.4, -0.2) is 49.9 Å². The van der Waals surface area contributed by atoms with E-state index in [1.54, 1.807) is 0 Å². The van der Waals surface area contributed by atoms with Crippen LogP contribution in [0.1, 0.15) is 54.4 Å². The lowest BCUT2D eigenvalue weighted by molar-refractivity contribution is 0.0131. The second kappa shape index (κ2) is 12.3. The Hall–Kier alpha value is -0.175. The Bertz CT molecular complexity index is 318. The van der Waals surface area contributed by atoms with Gasteiger partial charge in [0, 0.05) is 18.1 Å². The van der Waals surface area contributed by atoms with Gasteiger partial charge in [-0.15, -0.1) is 0 Å². The van der Waals surface area contributed by atoms with E-state index in [1.165, 1.54) is 0 Å². The van der Waals surface area contributed by atoms with Gasteiger partial charge in [0.1, 0.15) is 7.85 Å². The molecule has 22 heavy (non-hydrogen) atoms. The number of hydrogen-bond donors (Lipinski definition) is 0. The maximum absolute atomic E-state index is 8.66. The minimum Gasteiger partial charge on any atom is -0.383 e. The first-order valence-corrected chi connectivity index (χ1v) is 9.08. The summed E-state index contributed by atoms with van der Waals surface area (Å²) in [5.41, 5.74) is 0. The van der Waals surface area contributed by atoms with E-state index in [4.69, 9.17) is 26.9 Å². The van der Waals surface area contributed by atoms with Crippen LogP contribution in [0, 0.1) is 11.3 Å². The standard InChI is InChI=1S/C15H30BN2O3P/c1-7-14(6)21-15(16)11-20-22(19-10-8-9-17)18(12(2)3)13(4)5/h12-15H,7-8,10-11H2,1-6H3. The summed E-state index contributed by atoms with van der Waals surface area (Å²) in [5.74, 6) is 0. The van der Waals surface area contributed by atoms with Crippen LogP contribution in [0.5, 0.6) is 0 Å². The van der Waals surface area contributed by atoms with E-state index in [9.17, 15) is 0 Å². The molecule has 0 aliphatic heterocycles. The highest BCUT2D eigenvalue weighted by atomic mass is 31.2. The SMILES string of the molecule is [B]C(COP(OCCC#N)N(C(C)C)C(C)C)OC(C)CC. The van der Waals surface area contributed by atoms with Crippen LogP contribution in [0.4, 0.5) is 0 Å². The molecule has 2 radical (unpaired) electrons. The Morgan fingerprint density at radius 3 is 2.18 bits per heavy atom. The fraction of sp³-hybridized carbons (Fsp3) is 0.933. The third-order valence-corrected chi connectivity index (χ3v) is 5.07. The van der Waals surface area contributed by atoms with Gasteiger partial charge in [0.15, 0.2) is 0 Å². The Morgan fingerprint density at radius 2 is 1.73 bits per heavy atom. The minimum absolute atomic E-state index is 0.107. The number of nitrogens with zero attached hydrogens (tertiary/aromatic N) is 2. The normalized spacial score (nSPS) is 16.0.